The quantitative estimate of drug-likeness (QED) is 0.220. The van der Waals surface area contributed by atoms with E-state index in [-0.39, 0.29) is 0 Å². The second-order valence-corrected chi connectivity index (χ2v) is 6.73. The Hall–Kier alpha value is -0.200. The molecular weight excluding hydrogens is 294 g/mol. The van der Waals surface area contributed by atoms with Crippen LogP contribution in [0.3, 0.4) is 0 Å². The number of unbranched alkanes of at least 4 members (excludes halogenated alkanes) is 11. The SMILES string of the molecule is CCCCCCCCCCCCCC[C@@H](O)[C@@H](O)[C@@H](N)C(O)O. The van der Waals surface area contributed by atoms with Gasteiger partial charge in [-0.3, -0.25) is 0 Å². The zero-order chi connectivity index (χ0) is 17.5. The maximum atomic E-state index is 9.75. The average Bonchev–Trinajstić information content (AvgIpc) is 2.54. The fraction of sp³-hybridized carbons (Fsp3) is 1.00. The number of nitrogens with two attached hydrogens (primary N) is 1. The number of hydrogen-bond acceptors (Lipinski definition) is 5. The van der Waals surface area contributed by atoms with Crippen LogP contribution in [0.5, 0.6) is 0 Å². The van der Waals surface area contributed by atoms with Crippen molar-refractivity contribution in [2.45, 2.75) is 115 Å². The van der Waals surface area contributed by atoms with Crippen molar-refractivity contribution in [3.8, 4) is 0 Å². The molecule has 0 saturated heterocycles. The molecule has 23 heavy (non-hydrogen) atoms. The van der Waals surface area contributed by atoms with Crippen LogP contribution in [0.25, 0.3) is 0 Å². The highest BCUT2D eigenvalue weighted by atomic mass is 16.5. The third kappa shape index (κ3) is 12.8. The molecule has 0 aliphatic rings. The summed E-state index contributed by atoms with van der Waals surface area (Å²) in [5.74, 6) is 0. The Labute approximate surface area is 141 Å². The van der Waals surface area contributed by atoms with Gasteiger partial charge in [0.25, 0.3) is 0 Å². The molecule has 0 bridgehead atoms. The minimum absolute atomic E-state index is 0.443. The lowest BCUT2D eigenvalue weighted by Gasteiger charge is -2.24. The highest BCUT2D eigenvalue weighted by molar-refractivity contribution is 4.79. The van der Waals surface area contributed by atoms with Crippen LogP contribution in [0.15, 0.2) is 0 Å². The van der Waals surface area contributed by atoms with Crippen LogP contribution in [0.1, 0.15) is 90.4 Å². The van der Waals surface area contributed by atoms with Crippen molar-refractivity contribution in [2.75, 3.05) is 0 Å². The molecule has 5 nitrogen and oxygen atoms in total. The predicted octanol–water partition coefficient (Wildman–Crippen LogP) is 2.44. The smallest absolute Gasteiger partial charge is 0.169 e. The largest absolute Gasteiger partial charge is 0.390 e. The van der Waals surface area contributed by atoms with E-state index in [9.17, 15) is 10.2 Å². The number of aliphatic hydroxyl groups excluding tert-OH is 3. The van der Waals surface area contributed by atoms with E-state index in [1.165, 1.54) is 57.8 Å². The number of rotatable bonds is 16. The summed E-state index contributed by atoms with van der Waals surface area (Å²) in [6.07, 6.45) is 11.3. The molecule has 140 valence electrons. The lowest BCUT2D eigenvalue weighted by molar-refractivity contribution is -0.110. The number of aliphatic hydroxyl groups is 4. The maximum Gasteiger partial charge on any atom is 0.169 e. The van der Waals surface area contributed by atoms with Crippen molar-refractivity contribution < 1.29 is 20.4 Å². The lowest BCUT2D eigenvalue weighted by atomic mass is 9.99. The van der Waals surface area contributed by atoms with Crippen molar-refractivity contribution in [2.24, 2.45) is 5.73 Å². The maximum absolute atomic E-state index is 9.75. The highest BCUT2D eigenvalue weighted by Gasteiger charge is 2.27. The first-order chi connectivity index (χ1) is 11.0. The van der Waals surface area contributed by atoms with E-state index in [4.69, 9.17) is 15.9 Å². The van der Waals surface area contributed by atoms with Gasteiger partial charge in [0.2, 0.25) is 0 Å². The third-order valence-electron chi connectivity index (χ3n) is 4.49. The molecule has 6 N–H and O–H groups in total. The Morgan fingerprint density at radius 1 is 0.652 bits per heavy atom. The Morgan fingerprint density at radius 3 is 1.43 bits per heavy atom. The zero-order valence-corrected chi connectivity index (χ0v) is 14.9. The molecule has 0 amide bonds. The van der Waals surface area contributed by atoms with Crippen molar-refractivity contribution in [1.29, 1.82) is 0 Å². The van der Waals surface area contributed by atoms with Gasteiger partial charge in [0.15, 0.2) is 6.29 Å². The Morgan fingerprint density at radius 2 is 1.04 bits per heavy atom. The molecule has 0 rings (SSSR count). The van der Waals surface area contributed by atoms with Gasteiger partial charge >= 0.3 is 0 Å². The fourth-order valence-electron chi connectivity index (χ4n) is 2.80. The Balaban J connectivity index is 3.35. The molecule has 0 fully saturated rings. The molecule has 0 aromatic rings. The molecule has 5 heteroatoms. The molecule has 0 saturated carbocycles. The van der Waals surface area contributed by atoms with Gasteiger partial charge in [0.1, 0.15) is 0 Å². The summed E-state index contributed by atoms with van der Waals surface area (Å²) in [7, 11) is 0. The van der Waals surface area contributed by atoms with Crippen molar-refractivity contribution >= 4 is 0 Å². The van der Waals surface area contributed by atoms with Crippen LogP contribution in [-0.4, -0.2) is 45.0 Å². The first kappa shape index (κ1) is 22.8. The second kappa shape index (κ2) is 15.3. The van der Waals surface area contributed by atoms with Gasteiger partial charge in [-0.25, -0.2) is 0 Å². The minimum Gasteiger partial charge on any atom is -0.390 e. The first-order valence-electron chi connectivity index (χ1n) is 9.48. The van der Waals surface area contributed by atoms with Gasteiger partial charge in [-0.15, -0.1) is 0 Å². The first-order valence-corrected chi connectivity index (χ1v) is 9.48. The van der Waals surface area contributed by atoms with Gasteiger partial charge in [-0.1, -0.05) is 84.0 Å². The summed E-state index contributed by atoms with van der Waals surface area (Å²) in [4.78, 5) is 0. The van der Waals surface area contributed by atoms with Crippen LogP contribution < -0.4 is 5.73 Å². The van der Waals surface area contributed by atoms with Gasteiger partial charge in [0, 0.05) is 0 Å². The molecule has 3 atom stereocenters. The summed E-state index contributed by atoms with van der Waals surface area (Å²) in [5.41, 5.74) is 5.39. The minimum atomic E-state index is -1.80. The van der Waals surface area contributed by atoms with Gasteiger partial charge in [-0.2, -0.15) is 0 Å². The summed E-state index contributed by atoms with van der Waals surface area (Å²) >= 11 is 0. The molecule has 0 aromatic carbocycles. The molecule has 0 aliphatic carbocycles. The molecule has 0 aliphatic heterocycles. The van der Waals surface area contributed by atoms with Crippen LogP contribution in [-0.2, 0) is 0 Å². The molecule has 0 unspecified atom stereocenters. The van der Waals surface area contributed by atoms with Gasteiger partial charge < -0.3 is 26.2 Å². The molecule has 0 radical (unpaired) electrons. The van der Waals surface area contributed by atoms with E-state index in [2.05, 4.69) is 6.92 Å². The molecule has 0 aromatic heterocycles. The normalized spacial score (nSPS) is 15.8. The van der Waals surface area contributed by atoms with E-state index in [1.54, 1.807) is 0 Å². The lowest BCUT2D eigenvalue weighted by Crippen LogP contribution is -2.50. The predicted molar refractivity (Wildman–Crippen MR) is 93.9 cm³/mol. The third-order valence-corrected chi connectivity index (χ3v) is 4.49. The standard InChI is InChI=1S/C18H39NO4/c1-2-3-4-5-6-7-8-9-10-11-12-13-14-15(20)17(21)16(19)18(22)23/h15-18,20-23H,2-14,19H2,1H3/t15-,16-,17-/m1/s1. The summed E-state index contributed by atoms with van der Waals surface area (Å²) in [6.45, 7) is 2.24. The van der Waals surface area contributed by atoms with E-state index in [0.717, 1.165) is 19.3 Å². The van der Waals surface area contributed by atoms with Crippen LogP contribution in [0, 0.1) is 0 Å². The molecular formula is C18H39NO4. The van der Waals surface area contributed by atoms with E-state index < -0.39 is 24.5 Å². The van der Waals surface area contributed by atoms with Crippen molar-refractivity contribution in [3.63, 3.8) is 0 Å². The average molecular weight is 334 g/mol. The van der Waals surface area contributed by atoms with Crippen molar-refractivity contribution in [1.82, 2.24) is 0 Å². The van der Waals surface area contributed by atoms with Crippen LogP contribution >= 0.6 is 0 Å². The topological polar surface area (TPSA) is 107 Å². The van der Waals surface area contributed by atoms with Crippen LogP contribution in [0.4, 0.5) is 0 Å². The highest BCUT2D eigenvalue weighted by Crippen LogP contribution is 2.14. The van der Waals surface area contributed by atoms with Crippen LogP contribution in [0.2, 0.25) is 0 Å². The summed E-state index contributed by atoms with van der Waals surface area (Å²) in [6, 6.07) is -1.22. The van der Waals surface area contributed by atoms with E-state index in [1.807, 2.05) is 0 Å². The Bertz CT molecular complexity index is 251. The van der Waals surface area contributed by atoms with Gasteiger partial charge in [-0.05, 0) is 6.42 Å². The summed E-state index contributed by atoms with van der Waals surface area (Å²) in [5, 5.41) is 37.1. The van der Waals surface area contributed by atoms with E-state index in [0.29, 0.717) is 6.42 Å². The van der Waals surface area contributed by atoms with Crippen molar-refractivity contribution in [3.05, 3.63) is 0 Å². The molecule has 0 heterocycles. The van der Waals surface area contributed by atoms with Gasteiger partial charge in [0.05, 0.1) is 18.2 Å². The monoisotopic (exact) mass is 333 g/mol. The fourth-order valence-corrected chi connectivity index (χ4v) is 2.80. The Kier molecular flexibility index (Phi) is 15.2. The number of hydrogen-bond donors (Lipinski definition) is 5. The zero-order valence-electron chi connectivity index (χ0n) is 14.9. The summed E-state index contributed by atoms with van der Waals surface area (Å²) < 4.78 is 0. The van der Waals surface area contributed by atoms with E-state index >= 15 is 0 Å². The molecule has 0 spiro atoms. The second-order valence-electron chi connectivity index (χ2n) is 6.73.